The van der Waals surface area contributed by atoms with Crippen molar-refractivity contribution in [3.8, 4) is 5.75 Å². The quantitative estimate of drug-likeness (QED) is 0.781. The lowest BCUT2D eigenvalue weighted by Gasteiger charge is -2.18. The molecule has 1 atom stereocenters. The monoisotopic (exact) mass is 235 g/mol. The second kappa shape index (κ2) is 7.33. The molecule has 0 saturated carbocycles. The Labute approximate surface area is 105 Å². The predicted molar refractivity (Wildman–Crippen MR) is 73.8 cm³/mol. The fourth-order valence-corrected chi connectivity index (χ4v) is 1.82. The van der Waals surface area contributed by atoms with Crippen LogP contribution >= 0.6 is 0 Å². The molecule has 17 heavy (non-hydrogen) atoms. The van der Waals surface area contributed by atoms with Gasteiger partial charge in [0.15, 0.2) is 0 Å². The molecule has 1 aromatic rings. The summed E-state index contributed by atoms with van der Waals surface area (Å²) in [6.45, 7) is 10.4. The summed E-state index contributed by atoms with van der Waals surface area (Å²) in [7, 11) is 0. The first-order valence-corrected chi connectivity index (χ1v) is 6.60. The van der Waals surface area contributed by atoms with Crippen LogP contribution in [0.15, 0.2) is 18.2 Å². The molecule has 1 unspecified atom stereocenters. The summed E-state index contributed by atoms with van der Waals surface area (Å²) in [5, 5.41) is 3.50. The summed E-state index contributed by atoms with van der Waals surface area (Å²) in [6, 6.07) is 6.78. The first-order valence-electron chi connectivity index (χ1n) is 6.60. The molecule has 0 aromatic heterocycles. The van der Waals surface area contributed by atoms with Crippen molar-refractivity contribution in [2.24, 2.45) is 0 Å². The van der Waals surface area contributed by atoms with Gasteiger partial charge in [-0.25, -0.2) is 0 Å². The van der Waals surface area contributed by atoms with E-state index < -0.39 is 0 Å². The Morgan fingerprint density at radius 3 is 2.59 bits per heavy atom. The van der Waals surface area contributed by atoms with Gasteiger partial charge in [0.2, 0.25) is 0 Å². The van der Waals surface area contributed by atoms with Gasteiger partial charge in [0, 0.05) is 6.04 Å². The number of hydrogen-bond acceptors (Lipinski definition) is 2. The molecule has 0 bridgehead atoms. The number of hydrogen-bond donors (Lipinski definition) is 1. The molecule has 96 valence electrons. The van der Waals surface area contributed by atoms with Gasteiger partial charge in [0.1, 0.15) is 12.4 Å². The van der Waals surface area contributed by atoms with E-state index >= 15 is 0 Å². The maximum absolute atomic E-state index is 5.88. The van der Waals surface area contributed by atoms with Crippen molar-refractivity contribution in [2.45, 2.75) is 46.6 Å². The average molecular weight is 235 g/mol. The summed E-state index contributed by atoms with van der Waals surface area (Å²) in [5.41, 5.74) is 2.50. The zero-order valence-electron chi connectivity index (χ0n) is 11.5. The van der Waals surface area contributed by atoms with Crippen LogP contribution in [0.25, 0.3) is 0 Å². The van der Waals surface area contributed by atoms with Crippen molar-refractivity contribution in [3.63, 3.8) is 0 Å². The molecule has 0 heterocycles. The van der Waals surface area contributed by atoms with E-state index in [-0.39, 0.29) is 0 Å². The maximum Gasteiger partial charge on any atom is 0.122 e. The highest BCUT2D eigenvalue weighted by Crippen LogP contribution is 2.18. The lowest BCUT2D eigenvalue weighted by molar-refractivity contribution is 0.259. The average Bonchev–Trinajstić information content (AvgIpc) is 2.31. The van der Waals surface area contributed by atoms with Gasteiger partial charge in [-0.2, -0.15) is 0 Å². The zero-order valence-corrected chi connectivity index (χ0v) is 11.5. The SMILES string of the molecule is CCCNC(CC)COc1ccc(C)cc1C. The summed E-state index contributed by atoms with van der Waals surface area (Å²) >= 11 is 0. The van der Waals surface area contributed by atoms with Crippen LogP contribution < -0.4 is 10.1 Å². The number of aryl methyl sites for hydroxylation is 2. The lowest BCUT2D eigenvalue weighted by atomic mass is 10.1. The van der Waals surface area contributed by atoms with E-state index in [1.807, 2.05) is 0 Å². The summed E-state index contributed by atoms with van der Waals surface area (Å²) in [5.74, 6) is 1.01. The van der Waals surface area contributed by atoms with Crippen LogP contribution in [0.5, 0.6) is 5.75 Å². The van der Waals surface area contributed by atoms with Crippen LogP contribution in [0.2, 0.25) is 0 Å². The van der Waals surface area contributed by atoms with E-state index in [9.17, 15) is 0 Å². The Morgan fingerprint density at radius 1 is 1.24 bits per heavy atom. The fraction of sp³-hybridized carbons (Fsp3) is 0.600. The lowest BCUT2D eigenvalue weighted by Crippen LogP contribution is -2.34. The van der Waals surface area contributed by atoms with E-state index in [0.717, 1.165) is 25.3 Å². The van der Waals surface area contributed by atoms with Crippen molar-refractivity contribution >= 4 is 0 Å². The minimum absolute atomic E-state index is 0.454. The van der Waals surface area contributed by atoms with Gasteiger partial charge >= 0.3 is 0 Å². The van der Waals surface area contributed by atoms with Gasteiger partial charge in [-0.05, 0) is 44.9 Å². The summed E-state index contributed by atoms with van der Waals surface area (Å²) in [4.78, 5) is 0. The molecular weight excluding hydrogens is 210 g/mol. The van der Waals surface area contributed by atoms with Crippen LogP contribution in [-0.2, 0) is 0 Å². The fourth-order valence-electron chi connectivity index (χ4n) is 1.82. The van der Waals surface area contributed by atoms with Crippen LogP contribution in [0.3, 0.4) is 0 Å². The minimum atomic E-state index is 0.454. The van der Waals surface area contributed by atoms with Crippen molar-refractivity contribution in [1.82, 2.24) is 5.32 Å². The molecule has 0 amide bonds. The highest BCUT2D eigenvalue weighted by molar-refractivity contribution is 5.35. The minimum Gasteiger partial charge on any atom is -0.492 e. The molecule has 0 spiro atoms. The van der Waals surface area contributed by atoms with Crippen molar-refractivity contribution in [2.75, 3.05) is 13.2 Å². The van der Waals surface area contributed by atoms with E-state index in [1.54, 1.807) is 0 Å². The third-order valence-corrected chi connectivity index (χ3v) is 2.95. The van der Waals surface area contributed by atoms with E-state index in [2.05, 4.69) is 51.2 Å². The normalized spacial score (nSPS) is 12.5. The first kappa shape index (κ1) is 14.0. The smallest absolute Gasteiger partial charge is 0.122 e. The van der Waals surface area contributed by atoms with Crippen LogP contribution in [0.1, 0.15) is 37.8 Å². The van der Waals surface area contributed by atoms with Crippen molar-refractivity contribution < 1.29 is 4.74 Å². The van der Waals surface area contributed by atoms with E-state index in [0.29, 0.717) is 6.04 Å². The summed E-state index contributed by atoms with van der Waals surface area (Å²) in [6.07, 6.45) is 2.27. The van der Waals surface area contributed by atoms with Crippen molar-refractivity contribution in [1.29, 1.82) is 0 Å². The first-order chi connectivity index (χ1) is 8.17. The predicted octanol–water partition coefficient (Wildman–Crippen LogP) is 3.46. The van der Waals surface area contributed by atoms with E-state index in [1.165, 1.54) is 17.5 Å². The second-order valence-electron chi connectivity index (χ2n) is 4.64. The molecule has 0 aliphatic rings. The number of rotatable bonds is 7. The van der Waals surface area contributed by atoms with Gasteiger partial charge in [-0.15, -0.1) is 0 Å². The highest BCUT2D eigenvalue weighted by Gasteiger charge is 2.07. The topological polar surface area (TPSA) is 21.3 Å². The number of benzene rings is 1. The molecule has 1 rings (SSSR count). The van der Waals surface area contributed by atoms with Crippen LogP contribution in [0, 0.1) is 13.8 Å². The Hall–Kier alpha value is -1.02. The molecule has 0 radical (unpaired) electrons. The van der Waals surface area contributed by atoms with Crippen LogP contribution in [-0.4, -0.2) is 19.2 Å². The maximum atomic E-state index is 5.88. The Balaban J connectivity index is 2.47. The zero-order chi connectivity index (χ0) is 12.7. The molecule has 2 heteroatoms. The van der Waals surface area contributed by atoms with E-state index in [4.69, 9.17) is 4.74 Å². The third kappa shape index (κ3) is 4.78. The van der Waals surface area contributed by atoms with Gasteiger partial charge in [0.25, 0.3) is 0 Å². The van der Waals surface area contributed by atoms with Gasteiger partial charge in [0.05, 0.1) is 0 Å². The highest BCUT2D eigenvalue weighted by atomic mass is 16.5. The molecular formula is C15H25NO. The van der Waals surface area contributed by atoms with Crippen molar-refractivity contribution in [3.05, 3.63) is 29.3 Å². The third-order valence-electron chi connectivity index (χ3n) is 2.95. The molecule has 0 aliphatic carbocycles. The Kier molecular flexibility index (Phi) is 6.06. The molecule has 1 aromatic carbocycles. The Bertz CT molecular complexity index is 336. The molecule has 1 N–H and O–H groups in total. The summed E-state index contributed by atoms with van der Waals surface area (Å²) < 4.78 is 5.88. The van der Waals surface area contributed by atoms with Gasteiger partial charge in [-0.3, -0.25) is 0 Å². The second-order valence-corrected chi connectivity index (χ2v) is 4.64. The number of nitrogens with one attached hydrogen (secondary N) is 1. The molecule has 0 saturated heterocycles. The van der Waals surface area contributed by atoms with Crippen LogP contribution in [0.4, 0.5) is 0 Å². The van der Waals surface area contributed by atoms with Gasteiger partial charge in [-0.1, -0.05) is 31.5 Å². The Morgan fingerprint density at radius 2 is 2.00 bits per heavy atom. The largest absolute Gasteiger partial charge is 0.492 e. The molecule has 2 nitrogen and oxygen atoms in total. The van der Waals surface area contributed by atoms with Gasteiger partial charge < -0.3 is 10.1 Å². The number of ether oxygens (including phenoxy) is 1. The standard InChI is InChI=1S/C15H25NO/c1-5-9-16-14(6-2)11-17-15-8-7-12(3)10-13(15)4/h7-8,10,14,16H,5-6,9,11H2,1-4H3. The molecule has 0 aliphatic heterocycles. The molecule has 0 fully saturated rings.